The van der Waals surface area contributed by atoms with E-state index < -0.39 is 0 Å². The van der Waals surface area contributed by atoms with Crippen LogP contribution in [0.2, 0.25) is 5.02 Å². The predicted octanol–water partition coefficient (Wildman–Crippen LogP) is 2.35. The van der Waals surface area contributed by atoms with Crippen molar-refractivity contribution in [2.45, 2.75) is 32.4 Å². The van der Waals surface area contributed by atoms with E-state index in [9.17, 15) is 4.79 Å². The fraction of sp³-hybridized carbons (Fsp3) is 0.438. The van der Waals surface area contributed by atoms with Crippen LogP contribution in [0.15, 0.2) is 18.5 Å². The van der Waals surface area contributed by atoms with E-state index in [2.05, 4.69) is 15.4 Å². The minimum Gasteiger partial charge on any atom is -0.371 e. The van der Waals surface area contributed by atoms with Gasteiger partial charge in [-0.15, -0.1) is 0 Å². The number of nitrogens with one attached hydrogen (secondary N) is 1. The lowest BCUT2D eigenvalue weighted by molar-refractivity contribution is 0.0817. The van der Waals surface area contributed by atoms with Crippen molar-refractivity contribution in [3.63, 3.8) is 0 Å². The first-order chi connectivity index (χ1) is 11.0. The molecule has 0 aromatic carbocycles. The summed E-state index contributed by atoms with van der Waals surface area (Å²) in [5.41, 5.74) is 3.46. The zero-order valence-corrected chi connectivity index (χ0v) is 14.1. The maximum Gasteiger partial charge on any atom is 0.253 e. The van der Waals surface area contributed by atoms with Crippen molar-refractivity contribution in [3.8, 4) is 0 Å². The number of rotatable bonds is 3. The standard InChI is InChI=1S/C16H19ClN4O2/c1-9-14(10(2)21(3)20-9)15-13(5-7-23-15)19-16(22)11-4-6-18-8-12(11)17/h4,6,8,13,15H,5,7H2,1-3H3,(H,19,22)/t13-,15-/m0/s1. The van der Waals surface area contributed by atoms with Gasteiger partial charge < -0.3 is 10.1 Å². The molecule has 1 N–H and O–H groups in total. The number of aryl methyl sites for hydroxylation is 2. The van der Waals surface area contributed by atoms with Gasteiger partial charge in [0.15, 0.2) is 0 Å². The van der Waals surface area contributed by atoms with E-state index >= 15 is 0 Å². The van der Waals surface area contributed by atoms with Crippen LogP contribution in [0.25, 0.3) is 0 Å². The van der Waals surface area contributed by atoms with Crippen LogP contribution in [0.3, 0.4) is 0 Å². The third-order valence-corrected chi connectivity index (χ3v) is 4.58. The Kier molecular flexibility index (Phi) is 4.37. The Morgan fingerprint density at radius 2 is 2.26 bits per heavy atom. The largest absolute Gasteiger partial charge is 0.371 e. The molecule has 23 heavy (non-hydrogen) atoms. The summed E-state index contributed by atoms with van der Waals surface area (Å²) in [5.74, 6) is -0.211. The van der Waals surface area contributed by atoms with Gasteiger partial charge in [-0.3, -0.25) is 14.5 Å². The average Bonchev–Trinajstić information content (AvgIpc) is 3.04. The van der Waals surface area contributed by atoms with Crippen molar-refractivity contribution in [2.75, 3.05) is 6.61 Å². The Morgan fingerprint density at radius 3 is 2.91 bits per heavy atom. The SMILES string of the molecule is Cc1nn(C)c(C)c1[C@H]1OCC[C@@H]1NC(=O)c1ccncc1Cl. The molecule has 0 radical (unpaired) electrons. The summed E-state index contributed by atoms with van der Waals surface area (Å²) in [6.07, 6.45) is 3.59. The van der Waals surface area contributed by atoms with Crippen LogP contribution in [0.1, 0.15) is 39.8 Å². The number of pyridine rings is 1. The molecule has 1 saturated heterocycles. The van der Waals surface area contributed by atoms with Gasteiger partial charge >= 0.3 is 0 Å². The van der Waals surface area contributed by atoms with E-state index in [1.165, 1.54) is 6.20 Å². The minimum absolute atomic E-state index is 0.103. The van der Waals surface area contributed by atoms with Crippen LogP contribution in [0.5, 0.6) is 0 Å². The number of halogens is 1. The second-order valence-corrected chi connectivity index (χ2v) is 6.13. The predicted molar refractivity (Wildman–Crippen MR) is 86.5 cm³/mol. The van der Waals surface area contributed by atoms with Gasteiger partial charge in [0.1, 0.15) is 6.10 Å². The molecular weight excluding hydrogens is 316 g/mol. The van der Waals surface area contributed by atoms with Gasteiger partial charge in [-0.2, -0.15) is 5.10 Å². The highest BCUT2D eigenvalue weighted by molar-refractivity contribution is 6.33. The van der Waals surface area contributed by atoms with E-state index in [4.69, 9.17) is 16.3 Å². The minimum atomic E-state index is -0.211. The number of nitrogens with zero attached hydrogens (tertiary/aromatic N) is 3. The van der Waals surface area contributed by atoms with E-state index in [-0.39, 0.29) is 18.1 Å². The molecule has 2 aromatic heterocycles. The molecule has 0 unspecified atom stereocenters. The van der Waals surface area contributed by atoms with Crippen molar-refractivity contribution in [1.29, 1.82) is 0 Å². The van der Waals surface area contributed by atoms with E-state index in [0.29, 0.717) is 17.2 Å². The topological polar surface area (TPSA) is 69.0 Å². The molecule has 0 spiro atoms. The Bertz CT molecular complexity index is 744. The van der Waals surface area contributed by atoms with Gasteiger partial charge in [0.2, 0.25) is 0 Å². The number of aromatic nitrogens is 3. The Balaban J connectivity index is 1.83. The van der Waals surface area contributed by atoms with Crippen molar-refractivity contribution in [2.24, 2.45) is 7.05 Å². The molecular formula is C16H19ClN4O2. The first-order valence-corrected chi connectivity index (χ1v) is 7.89. The molecule has 0 aliphatic carbocycles. The summed E-state index contributed by atoms with van der Waals surface area (Å²) in [7, 11) is 1.91. The van der Waals surface area contributed by atoms with Gasteiger partial charge in [-0.1, -0.05) is 11.6 Å². The molecule has 7 heteroatoms. The molecule has 3 heterocycles. The number of hydrogen-bond donors (Lipinski definition) is 1. The molecule has 2 atom stereocenters. The molecule has 0 saturated carbocycles. The van der Waals surface area contributed by atoms with Crippen LogP contribution in [-0.2, 0) is 11.8 Å². The molecule has 122 valence electrons. The Morgan fingerprint density at radius 1 is 1.48 bits per heavy atom. The van der Waals surface area contributed by atoms with Crippen molar-refractivity contribution >= 4 is 17.5 Å². The average molecular weight is 335 g/mol. The highest BCUT2D eigenvalue weighted by atomic mass is 35.5. The third-order valence-electron chi connectivity index (χ3n) is 4.27. The van der Waals surface area contributed by atoms with Crippen LogP contribution < -0.4 is 5.32 Å². The summed E-state index contributed by atoms with van der Waals surface area (Å²) in [4.78, 5) is 16.4. The van der Waals surface area contributed by atoms with Gasteiger partial charge in [0, 0.05) is 37.3 Å². The molecule has 1 aliphatic rings. The quantitative estimate of drug-likeness (QED) is 0.935. The third kappa shape index (κ3) is 2.96. The summed E-state index contributed by atoms with van der Waals surface area (Å²) in [6.45, 7) is 4.58. The van der Waals surface area contributed by atoms with Crippen LogP contribution in [0.4, 0.5) is 0 Å². The van der Waals surface area contributed by atoms with Crippen LogP contribution in [-0.4, -0.2) is 33.3 Å². The lowest BCUT2D eigenvalue weighted by Crippen LogP contribution is -2.37. The zero-order valence-electron chi connectivity index (χ0n) is 13.3. The molecule has 0 bridgehead atoms. The summed E-state index contributed by atoms with van der Waals surface area (Å²) < 4.78 is 7.72. The Hall–Kier alpha value is -1.92. The van der Waals surface area contributed by atoms with Gasteiger partial charge in [-0.05, 0) is 26.3 Å². The first kappa shape index (κ1) is 16.0. The maximum absolute atomic E-state index is 12.5. The van der Waals surface area contributed by atoms with Crippen molar-refractivity contribution in [3.05, 3.63) is 46.0 Å². The van der Waals surface area contributed by atoms with Gasteiger partial charge in [0.25, 0.3) is 5.91 Å². The molecule has 3 rings (SSSR count). The molecule has 1 amide bonds. The fourth-order valence-corrected chi connectivity index (χ4v) is 3.23. The monoisotopic (exact) mass is 334 g/mol. The summed E-state index contributed by atoms with van der Waals surface area (Å²) >= 11 is 6.04. The van der Waals surface area contributed by atoms with E-state index in [0.717, 1.165) is 23.4 Å². The normalized spacial score (nSPS) is 20.7. The highest BCUT2D eigenvalue weighted by Gasteiger charge is 2.34. The molecule has 6 nitrogen and oxygen atoms in total. The summed E-state index contributed by atoms with van der Waals surface area (Å²) in [6, 6.07) is 1.51. The van der Waals surface area contributed by atoms with Crippen LogP contribution in [0, 0.1) is 13.8 Å². The second kappa shape index (κ2) is 6.29. The highest BCUT2D eigenvalue weighted by Crippen LogP contribution is 2.33. The zero-order chi connectivity index (χ0) is 16.6. The maximum atomic E-state index is 12.5. The van der Waals surface area contributed by atoms with Gasteiger partial charge in [0.05, 0.1) is 22.3 Å². The second-order valence-electron chi connectivity index (χ2n) is 5.72. The fourth-order valence-electron chi connectivity index (χ4n) is 3.03. The number of carbonyl (C=O) groups excluding carboxylic acids is 1. The number of ether oxygens (including phenoxy) is 1. The number of amides is 1. The van der Waals surface area contributed by atoms with Crippen LogP contribution >= 0.6 is 11.6 Å². The molecule has 1 aliphatic heterocycles. The lowest BCUT2D eigenvalue weighted by Gasteiger charge is -2.21. The van der Waals surface area contributed by atoms with Crippen molar-refractivity contribution < 1.29 is 9.53 Å². The van der Waals surface area contributed by atoms with Gasteiger partial charge in [-0.25, -0.2) is 0 Å². The van der Waals surface area contributed by atoms with E-state index in [1.807, 2.05) is 25.6 Å². The number of hydrogen-bond acceptors (Lipinski definition) is 4. The first-order valence-electron chi connectivity index (χ1n) is 7.51. The molecule has 2 aromatic rings. The lowest BCUT2D eigenvalue weighted by atomic mass is 10.00. The summed E-state index contributed by atoms with van der Waals surface area (Å²) in [5, 5.41) is 7.81. The van der Waals surface area contributed by atoms with E-state index in [1.54, 1.807) is 12.3 Å². The molecule has 1 fully saturated rings. The number of carbonyl (C=O) groups is 1. The smallest absolute Gasteiger partial charge is 0.253 e. The Labute approximate surface area is 139 Å². The van der Waals surface area contributed by atoms with Crippen molar-refractivity contribution in [1.82, 2.24) is 20.1 Å².